The third kappa shape index (κ3) is 8.49. The summed E-state index contributed by atoms with van der Waals surface area (Å²) in [4.78, 5) is 64.0. The highest BCUT2D eigenvalue weighted by Gasteiger charge is 2.61. The van der Waals surface area contributed by atoms with E-state index in [9.17, 15) is 27.6 Å². The fourth-order valence-electron chi connectivity index (χ4n) is 6.73. The predicted molar refractivity (Wildman–Crippen MR) is 208 cm³/mol. The van der Waals surface area contributed by atoms with Crippen molar-refractivity contribution in [2.45, 2.75) is 76.6 Å². The molecule has 4 unspecified atom stereocenters. The van der Waals surface area contributed by atoms with E-state index in [4.69, 9.17) is 14.5 Å². The van der Waals surface area contributed by atoms with E-state index in [1.807, 2.05) is 69.3 Å². The maximum Gasteiger partial charge on any atom is 0.282 e. The van der Waals surface area contributed by atoms with Crippen molar-refractivity contribution in [1.82, 2.24) is 24.9 Å². The number of methoxy groups -OCH3 is 1. The molecule has 290 valence electrons. The minimum absolute atomic E-state index is 0.0602. The summed E-state index contributed by atoms with van der Waals surface area (Å²) in [5.74, 6) is -1.75. The number of aryl methyl sites for hydroxylation is 1. The number of nitrogens with one attached hydrogen (secondary N) is 3. The van der Waals surface area contributed by atoms with Gasteiger partial charge in [-0.15, -0.1) is 17.9 Å². The zero-order valence-electron chi connectivity index (χ0n) is 31.5. The van der Waals surface area contributed by atoms with Gasteiger partial charge in [0.1, 0.15) is 29.2 Å². The largest absolute Gasteiger partial charge is 0.497 e. The molecule has 1 saturated carbocycles. The number of fused-ring (bicyclic) bond motifs is 1. The quantitative estimate of drug-likeness (QED) is 0.165. The van der Waals surface area contributed by atoms with Gasteiger partial charge in [0.15, 0.2) is 10.2 Å². The number of aromatic nitrogens is 2. The number of carbonyl (C=O) groups excluding carboxylic acids is 4. The Kier molecular flexibility index (Phi) is 10.8. The standard InChI is InChI=1S/C39H44N6O8S2/c1-8-25-19-39(25,36(49)44-55(50,51)35-22(2)54-37(42-35)40-23(3)46)43-34(48)31-17-27(21-45(31)33(47)20-38(4,5)6)53-32-18-29(24-12-10-9-11-13-24)41-30-16-26(52-7)14-15-28(30)32/h8-16,18,25,27,31H,1,17,19-21H2,2-7H3,(H,43,48)(H,44,49)(H,40,42,46). The van der Waals surface area contributed by atoms with E-state index in [2.05, 4.69) is 26.9 Å². The van der Waals surface area contributed by atoms with Crippen LogP contribution < -0.4 is 24.8 Å². The highest BCUT2D eigenvalue weighted by atomic mass is 32.2. The molecule has 4 amide bonds. The van der Waals surface area contributed by atoms with Gasteiger partial charge in [0, 0.05) is 53.6 Å². The number of likely N-dealkylation sites (tertiary alicyclic amines) is 1. The lowest BCUT2D eigenvalue weighted by Gasteiger charge is -2.28. The van der Waals surface area contributed by atoms with E-state index in [-0.39, 0.29) is 41.7 Å². The topological polar surface area (TPSA) is 186 Å². The number of carbonyl (C=O) groups is 4. The SMILES string of the molecule is C=CC1CC1(NC(=O)C1CC(Oc2cc(-c3ccccc3)nc3cc(OC)ccc23)CN1C(=O)CC(C)(C)C)C(=O)NS(=O)(=O)c1nc(NC(C)=O)sc1C. The second-order valence-electron chi connectivity index (χ2n) is 15.0. The molecule has 55 heavy (non-hydrogen) atoms. The average molecular weight is 789 g/mol. The number of pyridine rings is 1. The summed E-state index contributed by atoms with van der Waals surface area (Å²) in [6, 6.07) is 15.9. The van der Waals surface area contributed by atoms with Crippen molar-refractivity contribution in [1.29, 1.82) is 0 Å². The second-order valence-corrected chi connectivity index (χ2v) is 17.8. The van der Waals surface area contributed by atoms with Crippen LogP contribution >= 0.6 is 11.3 Å². The smallest absolute Gasteiger partial charge is 0.282 e. The summed E-state index contributed by atoms with van der Waals surface area (Å²) in [6.45, 7) is 12.4. The minimum Gasteiger partial charge on any atom is -0.497 e. The summed E-state index contributed by atoms with van der Waals surface area (Å²) in [5.41, 5.74) is 0.132. The molecular weight excluding hydrogens is 745 g/mol. The molecule has 0 spiro atoms. The molecule has 0 bridgehead atoms. The van der Waals surface area contributed by atoms with Gasteiger partial charge in [0.05, 0.1) is 24.9 Å². The second kappa shape index (κ2) is 15.1. The zero-order valence-corrected chi connectivity index (χ0v) is 33.1. The van der Waals surface area contributed by atoms with E-state index in [1.54, 1.807) is 13.2 Å². The Bertz CT molecular complexity index is 2290. The Morgan fingerprint density at radius 3 is 2.45 bits per heavy atom. The van der Waals surface area contributed by atoms with Gasteiger partial charge in [0.2, 0.25) is 17.7 Å². The van der Waals surface area contributed by atoms with Crippen LogP contribution in [0.1, 0.15) is 51.8 Å². The molecule has 14 nitrogen and oxygen atoms in total. The normalized spacial score (nSPS) is 20.8. The van der Waals surface area contributed by atoms with Gasteiger partial charge in [-0.1, -0.05) is 57.2 Å². The number of rotatable bonds is 12. The Balaban J connectivity index is 1.27. The first-order valence-corrected chi connectivity index (χ1v) is 20.0. The van der Waals surface area contributed by atoms with Crippen LogP contribution in [0.25, 0.3) is 22.2 Å². The first-order chi connectivity index (χ1) is 25.9. The van der Waals surface area contributed by atoms with Crippen LogP contribution in [-0.2, 0) is 29.2 Å². The van der Waals surface area contributed by atoms with Crippen LogP contribution in [0, 0.1) is 18.3 Å². The summed E-state index contributed by atoms with van der Waals surface area (Å²) < 4.78 is 40.9. The number of benzene rings is 2. The molecule has 4 aromatic rings. The van der Waals surface area contributed by atoms with Crippen molar-refractivity contribution >= 4 is 61.0 Å². The molecule has 3 N–H and O–H groups in total. The highest BCUT2D eigenvalue weighted by molar-refractivity contribution is 7.90. The van der Waals surface area contributed by atoms with Crippen LogP contribution in [0.5, 0.6) is 11.5 Å². The van der Waals surface area contributed by atoms with Crippen molar-refractivity contribution in [2.24, 2.45) is 11.3 Å². The minimum atomic E-state index is -4.50. The Morgan fingerprint density at radius 1 is 1.09 bits per heavy atom. The number of amides is 4. The Labute approximate surface area is 323 Å². The van der Waals surface area contributed by atoms with Gasteiger partial charge < -0.3 is 25.0 Å². The van der Waals surface area contributed by atoms with Gasteiger partial charge >= 0.3 is 0 Å². The molecule has 6 rings (SSSR count). The van der Waals surface area contributed by atoms with Gasteiger partial charge in [0.25, 0.3) is 15.9 Å². The lowest BCUT2D eigenvalue weighted by Crippen LogP contribution is -2.56. The lowest BCUT2D eigenvalue weighted by atomic mass is 9.91. The number of thiazole rings is 1. The highest BCUT2D eigenvalue weighted by Crippen LogP contribution is 2.45. The van der Waals surface area contributed by atoms with E-state index >= 15 is 0 Å². The summed E-state index contributed by atoms with van der Waals surface area (Å²) in [7, 11) is -2.93. The third-order valence-electron chi connectivity index (χ3n) is 9.48. The first-order valence-electron chi connectivity index (χ1n) is 17.7. The van der Waals surface area contributed by atoms with Crippen LogP contribution in [-0.4, -0.2) is 78.3 Å². The molecule has 0 radical (unpaired) electrons. The van der Waals surface area contributed by atoms with Crippen LogP contribution in [0.3, 0.4) is 0 Å². The Hall–Kier alpha value is -5.35. The molecule has 4 atom stereocenters. The van der Waals surface area contributed by atoms with Crippen molar-refractivity contribution < 1.29 is 37.1 Å². The van der Waals surface area contributed by atoms with Gasteiger partial charge in [-0.3, -0.25) is 19.2 Å². The fourth-order valence-corrected chi connectivity index (χ4v) is 9.11. The van der Waals surface area contributed by atoms with Crippen LogP contribution in [0.15, 0.2) is 72.3 Å². The number of hydrogen-bond donors (Lipinski definition) is 3. The van der Waals surface area contributed by atoms with E-state index < -0.39 is 61.8 Å². The maximum absolute atomic E-state index is 14.3. The third-order valence-corrected chi connectivity index (χ3v) is 11.9. The number of hydrogen-bond acceptors (Lipinski definition) is 11. The molecule has 1 aliphatic carbocycles. The van der Waals surface area contributed by atoms with Crippen LogP contribution in [0.2, 0.25) is 0 Å². The molecule has 2 fully saturated rings. The molecule has 3 heterocycles. The number of sulfonamides is 1. The maximum atomic E-state index is 14.3. The van der Waals surface area contributed by atoms with E-state index in [0.29, 0.717) is 28.1 Å². The predicted octanol–water partition coefficient (Wildman–Crippen LogP) is 4.98. The molecule has 16 heteroatoms. The van der Waals surface area contributed by atoms with Crippen molar-refractivity contribution in [3.63, 3.8) is 0 Å². The first kappa shape index (κ1) is 39.3. The van der Waals surface area contributed by atoms with E-state index in [1.165, 1.54) is 24.8 Å². The molecule has 2 aromatic heterocycles. The van der Waals surface area contributed by atoms with Crippen LogP contribution in [0.4, 0.5) is 5.13 Å². The summed E-state index contributed by atoms with van der Waals surface area (Å²) in [5, 5.41) is 5.60. The Morgan fingerprint density at radius 2 is 1.82 bits per heavy atom. The summed E-state index contributed by atoms with van der Waals surface area (Å²) in [6.07, 6.45) is 1.19. The fraction of sp³-hybridized carbons (Fsp3) is 0.385. The molecule has 1 aliphatic heterocycles. The van der Waals surface area contributed by atoms with Gasteiger partial charge in [-0.05, 0) is 30.9 Å². The van der Waals surface area contributed by atoms with E-state index in [0.717, 1.165) is 16.9 Å². The number of anilines is 1. The van der Waals surface area contributed by atoms with Gasteiger partial charge in [-0.25, -0.2) is 14.7 Å². The molecule has 1 saturated heterocycles. The number of ether oxygens (including phenoxy) is 2. The average Bonchev–Trinajstić information content (AvgIpc) is 3.45. The zero-order chi connectivity index (χ0) is 39.9. The lowest BCUT2D eigenvalue weighted by molar-refractivity contribution is -0.141. The van der Waals surface area contributed by atoms with Gasteiger partial charge in [-0.2, -0.15) is 8.42 Å². The molecule has 2 aromatic carbocycles. The molecule has 2 aliphatic rings. The number of nitrogens with zero attached hydrogens (tertiary/aromatic N) is 3. The van der Waals surface area contributed by atoms with Crippen molar-refractivity contribution in [2.75, 3.05) is 19.0 Å². The van der Waals surface area contributed by atoms with Crippen molar-refractivity contribution in [3.05, 3.63) is 72.1 Å². The molecular formula is C39H44N6O8S2. The van der Waals surface area contributed by atoms with Crippen molar-refractivity contribution in [3.8, 4) is 22.8 Å². The summed E-state index contributed by atoms with van der Waals surface area (Å²) >= 11 is 0.943. The monoisotopic (exact) mass is 788 g/mol.